The van der Waals surface area contributed by atoms with E-state index >= 15 is 0 Å². The third-order valence-corrected chi connectivity index (χ3v) is 4.64. The first-order valence-electron chi connectivity index (χ1n) is 9.06. The van der Waals surface area contributed by atoms with Crippen molar-refractivity contribution >= 4 is 22.6 Å². The maximum atomic E-state index is 12.7. The number of non-ortho nitro benzene ring substituents is 1. The van der Waals surface area contributed by atoms with Crippen molar-refractivity contribution in [1.82, 2.24) is 0 Å². The molecule has 7 heteroatoms. The van der Waals surface area contributed by atoms with Crippen LogP contribution in [-0.2, 0) is 11.3 Å². The van der Waals surface area contributed by atoms with Gasteiger partial charge in [0, 0.05) is 23.1 Å². The minimum Gasteiger partial charge on any atom is -0.457 e. The van der Waals surface area contributed by atoms with E-state index in [4.69, 9.17) is 9.15 Å². The van der Waals surface area contributed by atoms with Crippen molar-refractivity contribution in [3.05, 3.63) is 111 Å². The molecule has 1 aromatic heterocycles. The van der Waals surface area contributed by atoms with Crippen LogP contribution >= 0.6 is 0 Å². The monoisotopic (exact) mass is 401 g/mol. The lowest BCUT2D eigenvalue weighted by Crippen LogP contribution is -2.12. The number of carbonyl (C=O) groups excluding carboxylic acids is 1. The number of hydrogen-bond acceptors (Lipinski definition) is 6. The summed E-state index contributed by atoms with van der Waals surface area (Å²) in [5.41, 5.74) is 1.14. The van der Waals surface area contributed by atoms with E-state index in [1.807, 2.05) is 0 Å². The summed E-state index contributed by atoms with van der Waals surface area (Å²) in [5.74, 6) is -0.525. The number of ether oxygens (including phenoxy) is 1. The van der Waals surface area contributed by atoms with Gasteiger partial charge in [0.1, 0.15) is 12.2 Å². The van der Waals surface area contributed by atoms with Gasteiger partial charge >= 0.3 is 11.6 Å². The molecule has 0 saturated carbocycles. The molecule has 0 aliphatic rings. The van der Waals surface area contributed by atoms with Crippen LogP contribution in [0, 0.1) is 10.1 Å². The molecule has 0 aliphatic carbocycles. The van der Waals surface area contributed by atoms with E-state index in [1.165, 1.54) is 24.3 Å². The molecule has 0 fully saturated rings. The molecule has 0 spiro atoms. The van der Waals surface area contributed by atoms with Crippen LogP contribution in [0.25, 0.3) is 22.1 Å². The van der Waals surface area contributed by atoms with Crippen molar-refractivity contribution in [2.24, 2.45) is 0 Å². The van der Waals surface area contributed by atoms with E-state index in [2.05, 4.69) is 0 Å². The summed E-state index contributed by atoms with van der Waals surface area (Å²) in [4.78, 5) is 35.6. The van der Waals surface area contributed by atoms with Crippen molar-refractivity contribution in [3.8, 4) is 11.1 Å². The molecule has 0 atom stereocenters. The van der Waals surface area contributed by atoms with Gasteiger partial charge in [0.25, 0.3) is 5.69 Å². The fraction of sp³-hybridized carbons (Fsp3) is 0.0435. The molecular formula is C23H15NO6. The minimum absolute atomic E-state index is 0.0963. The van der Waals surface area contributed by atoms with Crippen molar-refractivity contribution in [2.45, 2.75) is 6.61 Å². The number of para-hydroxylation sites is 1. The highest BCUT2D eigenvalue weighted by atomic mass is 16.6. The zero-order valence-corrected chi connectivity index (χ0v) is 15.6. The smallest absolute Gasteiger partial charge is 0.344 e. The van der Waals surface area contributed by atoms with Crippen molar-refractivity contribution in [1.29, 1.82) is 0 Å². The standard InChI is InChI=1S/C23H15NO6/c25-22(16-6-2-1-3-7-16)29-14-19-18-8-4-5-9-20(18)30-23(26)21(19)15-10-12-17(13-11-15)24(27)28/h1-13H,14H2. The predicted octanol–water partition coefficient (Wildman–Crippen LogP) is 4.73. The van der Waals surface area contributed by atoms with Gasteiger partial charge in [0.05, 0.1) is 16.1 Å². The highest BCUT2D eigenvalue weighted by molar-refractivity contribution is 5.90. The van der Waals surface area contributed by atoms with Crippen LogP contribution in [0.2, 0.25) is 0 Å². The Kier molecular flexibility index (Phi) is 5.09. The zero-order valence-electron chi connectivity index (χ0n) is 15.6. The average Bonchev–Trinajstić information content (AvgIpc) is 2.77. The molecule has 0 unspecified atom stereocenters. The van der Waals surface area contributed by atoms with E-state index in [9.17, 15) is 19.7 Å². The second-order valence-electron chi connectivity index (χ2n) is 6.49. The Bertz CT molecular complexity index is 1290. The highest BCUT2D eigenvalue weighted by Crippen LogP contribution is 2.29. The number of carbonyl (C=O) groups is 1. The first-order chi connectivity index (χ1) is 14.5. The molecule has 7 nitrogen and oxygen atoms in total. The largest absolute Gasteiger partial charge is 0.457 e. The quantitative estimate of drug-likeness (QED) is 0.208. The van der Waals surface area contributed by atoms with Gasteiger partial charge in [-0.25, -0.2) is 9.59 Å². The summed E-state index contributed by atoms with van der Waals surface area (Å²) in [6.45, 7) is -0.161. The van der Waals surface area contributed by atoms with E-state index in [0.717, 1.165) is 0 Å². The molecule has 148 valence electrons. The van der Waals surface area contributed by atoms with Gasteiger partial charge in [0.2, 0.25) is 0 Å². The zero-order chi connectivity index (χ0) is 21.1. The second-order valence-corrected chi connectivity index (χ2v) is 6.49. The van der Waals surface area contributed by atoms with Gasteiger partial charge in [-0.05, 0) is 35.9 Å². The Labute approximate surface area is 170 Å². The van der Waals surface area contributed by atoms with Crippen LogP contribution in [0.5, 0.6) is 0 Å². The van der Waals surface area contributed by atoms with Gasteiger partial charge in [-0.2, -0.15) is 0 Å². The fourth-order valence-electron chi connectivity index (χ4n) is 3.20. The molecule has 0 saturated heterocycles. The number of nitro benzene ring substituents is 1. The van der Waals surface area contributed by atoms with Crippen LogP contribution in [0.3, 0.4) is 0 Å². The Morgan fingerprint density at radius 3 is 2.30 bits per heavy atom. The maximum Gasteiger partial charge on any atom is 0.344 e. The lowest BCUT2D eigenvalue weighted by atomic mass is 9.98. The Morgan fingerprint density at radius 2 is 1.60 bits per heavy atom. The minimum atomic E-state index is -0.617. The molecule has 0 aliphatic heterocycles. The first-order valence-corrected chi connectivity index (χ1v) is 9.06. The predicted molar refractivity (Wildman–Crippen MR) is 110 cm³/mol. The summed E-state index contributed by atoms with van der Waals surface area (Å²) in [5, 5.41) is 11.6. The molecule has 0 bridgehead atoms. The van der Waals surface area contributed by atoms with Crippen molar-refractivity contribution in [3.63, 3.8) is 0 Å². The Balaban J connectivity index is 1.79. The molecule has 4 aromatic rings. The van der Waals surface area contributed by atoms with Crippen LogP contribution in [-0.4, -0.2) is 10.9 Å². The van der Waals surface area contributed by atoms with E-state index < -0.39 is 16.5 Å². The van der Waals surface area contributed by atoms with Gasteiger partial charge in [-0.3, -0.25) is 10.1 Å². The number of nitrogens with zero attached hydrogens (tertiary/aromatic N) is 1. The number of hydrogen-bond donors (Lipinski definition) is 0. The van der Waals surface area contributed by atoms with E-state index in [1.54, 1.807) is 54.6 Å². The number of rotatable bonds is 5. The topological polar surface area (TPSA) is 99.6 Å². The SMILES string of the molecule is O=C(OCc1c(-c2ccc([N+](=O)[O-])cc2)c(=O)oc2ccccc12)c1ccccc1. The Hall–Kier alpha value is -4.26. The van der Waals surface area contributed by atoms with E-state index in [-0.39, 0.29) is 17.9 Å². The molecule has 0 N–H and O–H groups in total. The summed E-state index contributed by atoms with van der Waals surface area (Å²) in [7, 11) is 0. The molecule has 4 rings (SSSR count). The van der Waals surface area contributed by atoms with Crippen LogP contribution in [0.1, 0.15) is 15.9 Å². The van der Waals surface area contributed by atoms with Gasteiger partial charge < -0.3 is 9.15 Å². The molecule has 30 heavy (non-hydrogen) atoms. The lowest BCUT2D eigenvalue weighted by molar-refractivity contribution is -0.384. The van der Waals surface area contributed by atoms with E-state index in [0.29, 0.717) is 27.7 Å². The van der Waals surface area contributed by atoms with Crippen LogP contribution in [0.4, 0.5) is 5.69 Å². The Morgan fingerprint density at radius 1 is 0.933 bits per heavy atom. The first kappa shape index (κ1) is 19.1. The normalized spacial score (nSPS) is 10.7. The van der Waals surface area contributed by atoms with Gasteiger partial charge in [0.15, 0.2) is 0 Å². The number of benzene rings is 3. The third kappa shape index (κ3) is 3.68. The van der Waals surface area contributed by atoms with Crippen molar-refractivity contribution in [2.75, 3.05) is 0 Å². The van der Waals surface area contributed by atoms with Crippen LogP contribution < -0.4 is 5.63 Å². The number of fused-ring (bicyclic) bond motifs is 1. The maximum absolute atomic E-state index is 12.7. The summed E-state index contributed by atoms with van der Waals surface area (Å²) in [6.07, 6.45) is 0. The summed E-state index contributed by atoms with van der Waals surface area (Å²) in [6, 6.07) is 21.0. The fourth-order valence-corrected chi connectivity index (χ4v) is 3.20. The van der Waals surface area contributed by atoms with Crippen LogP contribution in [0.15, 0.2) is 88.1 Å². The lowest BCUT2D eigenvalue weighted by Gasteiger charge is -2.12. The average molecular weight is 401 g/mol. The molecule has 3 aromatic carbocycles. The molecule has 0 amide bonds. The van der Waals surface area contributed by atoms with Gasteiger partial charge in [-0.1, -0.05) is 36.4 Å². The summed E-state index contributed by atoms with van der Waals surface area (Å²) >= 11 is 0. The molecular weight excluding hydrogens is 386 g/mol. The third-order valence-electron chi connectivity index (χ3n) is 4.64. The summed E-state index contributed by atoms with van der Waals surface area (Å²) < 4.78 is 10.9. The molecule has 0 radical (unpaired) electrons. The number of esters is 1. The second kappa shape index (κ2) is 8.00. The highest BCUT2D eigenvalue weighted by Gasteiger charge is 2.19. The number of nitro groups is 1. The molecule has 1 heterocycles. The van der Waals surface area contributed by atoms with Crippen molar-refractivity contribution < 1.29 is 18.9 Å². The van der Waals surface area contributed by atoms with Gasteiger partial charge in [-0.15, -0.1) is 0 Å².